The van der Waals surface area contributed by atoms with Crippen molar-refractivity contribution >= 4 is 45.6 Å². The summed E-state index contributed by atoms with van der Waals surface area (Å²) in [6.45, 7) is 5.71. The first-order valence-electron chi connectivity index (χ1n) is 9.34. The van der Waals surface area contributed by atoms with Gasteiger partial charge in [0.25, 0.3) is 0 Å². The predicted octanol–water partition coefficient (Wildman–Crippen LogP) is 1.64. The topological polar surface area (TPSA) is 110 Å². The lowest BCUT2D eigenvalue weighted by Gasteiger charge is -2.36. The quantitative estimate of drug-likeness (QED) is 0.291. The van der Waals surface area contributed by atoms with Gasteiger partial charge in [0, 0.05) is 38.3 Å². The molecule has 0 bridgehead atoms. The van der Waals surface area contributed by atoms with Crippen molar-refractivity contribution in [3.63, 3.8) is 0 Å². The van der Waals surface area contributed by atoms with Gasteiger partial charge in [-0.05, 0) is 38.8 Å². The summed E-state index contributed by atoms with van der Waals surface area (Å²) in [5, 5.41) is 16.0. The van der Waals surface area contributed by atoms with E-state index in [9.17, 15) is 13.7 Å². The predicted molar refractivity (Wildman–Crippen MR) is 128 cm³/mol. The number of nitrogens with zero attached hydrogens (tertiary/aromatic N) is 3. The Hall–Kier alpha value is -1.58. The highest BCUT2D eigenvalue weighted by atomic mass is 127. The molecular weight excluding hydrogens is 503 g/mol. The molecule has 10 heteroatoms. The number of halogens is 1. The minimum absolute atomic E-state index is 0. The first kappa shape index (κ1) is 25.5. The Kier molecular flexibility index (Phi) is 9.64. The van der Waals surface area contributed by atoms with Gasteiger partial charge >= 0.3 is 0 Å². The molecule has 8 nitrogen and oxygen atoms in total. The second-order valence-corrected chi connectivity index (χ2v) is 9.49. The molecule has 1 aliphatic rings. The Bertz CT molecular complexity index is 851. The van der Waals surface area contributed by atoms with Crippen LogP contribution >= 0.6 is 24.0 Å². The lowest BCUT2D eigenvalue weighted by Crippen LogP contribution is -2.56. The summed E-state index contributed by atoms with van der Waals surface area (Å²) in [6, 6.07) is 10.1. The van der Waals surface area contributed by atoms with Crippen molar-refractivity contribution in [3.05, 3.63) is 29.8 Å². The third kappa shape index (κ3) is 8.36. The van der Waals surface area contributed by atoms with E-state index in [0.29, 0.717) is 18.1 Å². The molecule has 0 aromatic heterocycles. The molecule has 1 aromatic carbocycles. The number of guanidine groups is 1. The number of nitrogens with one attached hydrogen (secondary N) is 3. The van der Waals surface area contributed by atoms with Crippen LogP contribution in [-0.4, -0.2) is 58.9 Å². The standard InChI is InChI=1S/C19H30N6O2S.HI/c1-19(2,24-28(4,26)27)14-22-18(21-3)23-16-9-7-11-25(13-16)17-10-6-5-8-15(17)12-20;/h5-6,8,10,16,24H,7,9,11,13-14H2,1-4H3,(H2,21,22,23);1H. The van der Waals surface area contributed by atoms with E-state index in [2.05, 4.69) is 31.3 Å². The first-order chi connectivity index (χ1) is 13.1. The number of piperidine rings is 1. The summed E-state index contributed by atoms with van der Waals surface area (Å²) in [5.41, 5.74) is 0.993. The molecule has 162 valence electrons. The number of hydrogen-bond donors (Lipinski definition) is 3. The highest BCUT2D eigenvalue weighted by molar-refractivity contribution is 14.0. The molecule has 0 amide bonds. The Morgan fingerprint density at radius 1 is 1.38 bits per heavy atom. The first-order valence-corrected chi connectivity index (χ1v) is 11.2. The third-order valence-corrected chi connectivity index (χ3v) is 5.43. The third-order valence-electron chi connectivity index (χ3n) is 4.51. The van der Waals surface area contributed by atoms with Gasteiger partial charge in [-0.2, -0.15) is 5.26 Å². The summed E-state index contributed by atoms with van der Waals surface area (Å²) in [5.74, 6) is 0.629. The maximum Gasteiger partial charge on any atom is 0.209 e. The second-order valence-electron chi connectivity index (χ2n) is 7.74. The molecule has 1 fully saturated rings. The zero-order valence-corrected chi connectivity index (χ0v) is 20.5. The molecule has 1 unspecified atom stereocenters. The van der Waals surface area contributed by atoms with Crippen LogP contribution in [-0.2, 0) is 10.0 Å². The van der Waals surface area contributed by atoms with Gasteiger partial charge in [-0.3, -0.25) is 4.99 Å². The van der Waals surface area contributed by atoms with E-state index in [-0.39, 0.29) is 30.0 Å². The van der Waals surface area contributed by atoms with E-state index < -0.39 is 15.6 Å². The molecule has 3 N–H and O–H groups in total. The van der Waals surface area contributed by atoms with E-state index in [4.69, 9.17) is 0 Å². The number of rotatable bonds is 6. The molecule has 0 radical (unpaired) electrons. The number of nitriles is 1. The van der Waals surface area contributed by atoms with Crippen LogP contribution in [0.2, 0.25) is 0 Å². The van der Waals surface area contributed by atoms with E-state index in [1.807, 2.05) is 38.1 Å². The summed E-state index contributed by atoms with van der Waals surface area (Å²) in [6.07, 6.45) is 3.16. The van der Waals surface area contributed by atoms with Crippen molar-refractivity contribution < 1.29 is 8.42 Å². The fourth-order valence-electron chi connectivity index (χ4n) is 3.39. The summed E-state index contributed by atoms with van der Waals surface area (Å²) in [4.78, 5) is 6.48. The average molecular weight is 534 g/mol. The lowest BCUT2D eigenvalue weighted by molar-refractivity contribution is 0.436. The van der Waals surface area contributed by atoms with Gasteiger partial charge in [-0.1, -0.05) is 12.1 Å². The van der Waals surface area contributed by atoms with E-state index in [0.717, 1.165) is 37.9 Å². The highest BCUT2D eigenvalue weighted by Gasteiger charge is 2.25. The Labute approximate surface area is 191 Å². The normalized spacial score (nSPS) is 17.8. The number of aliphatic imine (C=N–C) groups is 1. The molecule has 29 heavy (non-hydrogen) atoms. The van der Waals surface area contributed by atoms with Crippen LogP contribution < -0.4 is 20.3 Å². The van der Waals surface area contributed by atoms with Gasteiger partial charge in [0.15, 0.2) is 5.96 Å². The fraction of sp³-hybridized carbons (Fsp3) is 0.579. The van der Waals surface area contributed by atoms with E-state index in [1.54, 1.807) is 7.05 Å². The van der Waals surface area contributed by atoms with Crippen LogP contribution in [0.5, 0.6) is 0 Å². The molecule has 0 saturated carbocycles. The van der Waals surface area contributed by atoms with Crippen molar-refractivity contribution in [3.8, 4) is 6.07 Å². The highest BCUT2D eigenvalue weighted by Crippen LogP contribution is 2.23. The van der Waals surface area contributed by atoms with Crippen molar-refractivity contribution in [2.24, 2.45) is 4.99 Å². The number of hydrogen-bond acceptors (Lipinski definition) is 5. The van der Waals surface area contributed by atoms with Crippen LogP contribution in [0.3, 0.4) is 0 Å². The number of para-hydroxylation sites is 1. The number of sulfonamides is 1. The minimum Gasteiger partial charge on any atom is -0.368 e. The molecule has 1 heterocycles. The molecule has 1 aromatic rings. The lowest BCUT2D eigenvalue weighted by atomic mass is 10.0. The fourth-order valence-corrected chi connectivity index (χ4v) is 4.46. The van der Waals surface area contributed by atoms with Crippen molar-refractivity contribution in [2.75, 3.05) is 37.8 Å². The van der Waals surface area contributed by atoms with Crippen molar-refractivity contribution in [1.82, 2.24) is 15.4 Å². The van der Waals surface area contributed by atoms with Gasteiger partial charge in [0.2, 0.25) is 10.0 Å². The SMILES string of the molecule is CN=C(NCC(C)(C)NS(C)(=O)=O)NC1CCCN(c2ccccc2C#N)C1.I. The van der Waals surface area contributed by atoms with Crippen LogP contribution in [0.15, 0.2) is 29.3 Å². The zero-order valence-electron chi connectivity index (χ0n) is 17.4. The van der Waals surface area contributed by atoms with E-state index in [1.165, 1.54) is 0 Å². The Morgan fingerprint density at radius 2 is 2.07 bits per heavy atom. The van der Waals surface area contributed by atoms with Crippen molar-refractivity contribution in [2.45, 2.75) is 38.3 Å². The van der Waals surface area contributed by atoms with E-state index >= 15 is 0 Å². The maximum atomic E-state index is 11.5. The molecule has 1 saturated heterocycles. The summed E-state index contributed by atoms with van der Waals surface area (Å²) in [7, 11) is -1.60. The molecular formula is C19H31IN6O2S. The van der Waals surface area contributed by atoms with Gasteiger partial charge in [0.1, 0.15) is 6.07 Å². The van der Waals surface area contributed by atoms with Crippen LogP contribution in [0, 0.1) is 11.3 Å². The van der Waals surface area contributed by atoms with Gasteiger partial charge in [-0.15, -0.1) is 24.0 Å². The smallest absolute Gasteiger partial charge is 0.209 e. The van der Waals surface area contributed by atoms with Crippen LogP contribution in [0.4, 0.5) is 5.69 Å². The molecule has 1 atom stereocenters. The van der Waals surface area contributed by atoms with Crippen LogP contribution in [0.1, 0.15) is 32.3 Å². The van der Waals surface area contributed by atoms with Gasteiger partial charge in [0.05, 0.1) is 17.5 Å². The van der Waals surface area contributed by atoms with Gasteiger partial charge < -0.3 is 15.5 Å². The zero-order chi connectivity index (χ0) is 20.8. The minimum atomic E-state index is -3.29. The Morgan fingerprint density at radius 3 is 2.69 bits per heavy atom. The van der Waals surface area contributed by atoms with Crippen LogP contribution in [0.25, 0.3) is 0 Å². The number of benzene rings is 1. The second kappa shape index (κ2) is 11.0. The average Bonchev–Trinajstić information content (AvgIpc) is 2.63. The molecule has 0 aliphatic carbocycles. The largest absolute Gasteiger partial charge is 0.368 e. The van der Waals surface area contributed by atoms with Crippen molar-refractivity contribution in [1.29, 1.82) is 5.26 Å². The monoisotopic (exact) mass is 534 g/mol. The molecule has 1 aliphatic heterocycles. The number of anilines is 1. The van der Waals surface area contributed by atoms with Gasteiger partial charge in [-0.25, -0.2) is 13.1 Å². The molecule has 0 spiro atoms. The Balaban J connectivity index is 0.00000420. The maximum absolute atomic E-state index is 11.5. The molecule has 2 rings (SSSR count). The summed E-state index contributed by atoms with van der Waals surface area (Å²) < 4.78 is 25.6. The summed E-state index contributed by atoms with van der Waals surface area (Å²) >= 11 is 0.